The van der Waals surface area contributed by atoms with Crippen LogP contribution in [0.4, 0.5) is 5.69 Å². The molecule has 0 aliphatic heterocycles. The van der Waals surface area contributed by atoms with Gasteiger partial charge in [-0.3, -0.25) is 4.79 Å². The minimum atomic E-state index is -0.998. The molecule has 102 valence electrons. The number of aliphatic carboxylic acids is 1. The lowest BCUT2D eigenvalue weighted by Gasteiger charge is -2.22. The maximum atomic E-state index is 11.7. The Kier molecular flexibility index (Phi) is 5.11. The number of carbonyl (C=O) groups is 2. The molecule has 0 spiro atoms. The van der Waals surface area contributed by atoms with Gasteiger partial charge in [0.2, 0.25) is 5.91 Å². The minimum Gasteiger partial charge on any atom is -0.478 e. The van der Waals surface area contributed by atoms with Crippen LogP contribution in [0.3, 0.4) is 0 Å². The van der Waals surface area contributed by atoms with E-state index < -0.39 is 5.97 Å². The monoisotopic (exact) mass is 262 g/mol. The fraction of sp³-hybridized carbons (Fsp3) is 0.286. The Bertz CT molecular complexity index is 495. The number of nitrogens with zero attached hydrogens (tertiary/aromatic N) is 2. The Morgan fingerprint density at radius 1 is 1.21 bits per heavy atom. The van der Waals surface area contributed by atoms with Gasteiger partial charge in [-0.25, -0.2) is 4.79 Å². The first-order valence-corrected chi connectivity index (χ1v) is 5.83. The molecule has 1 amide bonds. The summed E-state index contributed by atoms with van der Waals surface area (Å²) in [5.41, 5.74) is 1.58. The van der Waals surface area contributed by atoms with Crippen LogP contribution in [-0.4, -0.2) is 49.6 Å². The normalized spacial score (nSPS) is 10.5. The molecule has 0 heterocycles. The van der Waals surface area contributed by atoms with Gasteiger partial charge in [0.1, 0.15) is 0 Å². The van der Waals surface area contributed by atoms with Crippen molar-refractivity contribution < 1.29 is 14.7 Å². The van der Waals surface area contributed by atoms with Crippen molar-refractivity contribution in [3.05, 3.63) is 35.9 Å². The SMILES string of the molecule is CN(C)C(=O)CN(C)c1ccccc1/C=C/C(=O)O. The molecule has 0 aliphatic carbocycles. The van der Waals surface area contributed by atoms with E-state index >= 15 is 0 Å². The molecule has 0 saturated heterocycles. The van der Waals surface area contributed by atoms with E-state index in [1.54, 1.807) is 26.0 Å². The molecule has 1 aromatic rings. The summed E-state index contributed by atoms with van der Waals surface area (Å²) in [4.78, 5) is 25.6. The topological polar surface area (TPSA) is 60.9 Å². The molecule has 1 N–H and O–H groups in total. The number of benzene rings is 1. The molecule has 19 heavy (non-hydrogen) atoms. The first kappa shape index (κ1) is 14.8. The second kappa shape index (κ2) is 6.58. The summed E-state index contributed by atoms with van der Waals surface area (Å²) in [7, 11) is 5.20. The second-order valence-electron chi connectivity index (χ2n) is 4.37. The van der Waals surface area contributed by atoms with Crippen molar-refractivity contribution in [1.82, 2.24) is 4.90 Å². The lowest BCUT2D eigenvalue weighted by Crippen LogP contribution is -2.34. The summed E-state index contributed by atoms with van der Waals surface area (Å²) in [5.74, 6) is -1.01. The average molecular weight is 262 g/mol. The number of rotatable bonds is 5. The molecule has 1 aromatic carbocycles. The molecule has 0 fully saturated rings. The Morgan fingerprint density at radius 2 is 1.84 bits per heavy atom. The third-order valence-electron chi connectivity index (χ3n) is 2.62. The van der Waals surface area contributed by atoms with Crippen LogP contribution in [0, 0.1) is 0 Å². The Balaban J connectivity index is 2.93. The van der Waals surface area contributed by atoms with E-state index in [4.69, 9.17) is 5.11 Å². The highest BCUT2D eigenvalue weighted by Crippen LogP contribution is 2.20. The van der Waals surface area contributed by atoms with E-state index in [-0.39, 0.29) is 12.5 Å². The lowest BCUT2D eigenvalue weighted by molar-refractivity contribution is -0.131. The number of amides is 1. The fourth-order valence-electron chi connectivity index (χ4n) is 1.57. The number of carboxylic acids is 1. The molecule has 5 nitrogen and oxygen atoms in total. The zero-order valence-corrected chi connectivity index (χ0v) is 11.3. The van der Waals surface area contributed by atoms with Gasteiger partial charge >= 0.3 is 5.97 Å². The van der Waals surface area contributed by atoms with Gasteiger partial charge in [-0.2, -0.15) is 0 Å². The maximum Gasteiger partial charge on any atom is 0.328 e. The summed E-state index contributed by atoms with van der Waals surface area (Å²) in [6, 6.07) is 7.34. The van der Waals surface area contributed by atoms with Crippen molar-refractivity contribution >= 4 is 23.6 Å². The number of hydrogen-bond donors (Lipinski definition) is 1. The van der Waals surface area contributed by atoms with Crippen LogP contribution < -0.4 is 4.90 Å². The highest BCUT2D eigenvalue weighted by atomic mass is 16.4. The van der Waals surface area contributed by atoms with E-state index in [1.807, 2.05) is 24.3 Å². The summed E-state index contributed by atoms with van der Waals surface area (Å²) in [5, 5.41) is 8.66. The largest absolute Gasteiger partial charge is 0.478 e. The van der Waals surface area contributed by atoms with Gasteiger partial charge in [-0.05, 0) is 17.7 Å². The number of hydrogen-bond acceptors (Lipinski definition) is 3. The van der Waals surface area contributed by atoms with E-state index in [0.717, 1.165) is 17.3 Å². The van der Waals surface area contributed by atoms with E-state index in [0.29, 0.717) is 0 Å². The van der Waals surface area contributed by atoms with Gasteiger partial charge in [0.15, 0.2) is 0 Å². The maximum absolute atomic E-state index is 11.7. The Morgan fingerprint density at radius 3 is 2.42 bits per heavy atom. The van der Waals surface area contributed by atoms with Gasteiger partial charge in [0.25, 0.3) is 0 Å². The van der Waals surface area contributed by atoms with Crippen LogP contribution in [0.15, 0.2) is 30.3 Å². The molecule has 0 unspecified atom stereocenters. The molecule has 0 aliphatic rings. The van der Waals surface area contributed by atoms with E-state index in [2.05, 4.69) is 0 Å². The molecule has 1 rings (SSSR count). The molecular weight excluding hydrogens is 244 g/mol. The van der Waals surface area contributed by atoms with Crippen molar-refractivity contribution in [2.45, 2.75) is 0 Å². The van der Waals surface area contributed by atoms with Crippen LogP contribution in [0.2, 0.25) is 0 Å². The summed E-state index contributed by atoms with van der Waals surface area (Å²) in [6.45, 7) is 0.241. The van der Waals surface area contributed by atoms with Crippen molar-refractivity contribution in [2.24, 2.45) is 0 Å². The number of para-hydroxylation sites is 1. The van der Waals surface area contributed by atoms with Crippen LogP contribution in [-0.2, 0) is 9.59 Å². The minimum absolute atomic E-state index is 0.0143. The molecule has 0 saturated carbocycles. The predicted molar refractivity (Wildman–Crippen MR) is 75.1 cm³/mol. The first-order valence-electron chi connectivity index (χ1n) is 5.83. The standard InChI is InChI=1S/C14H18N2O3/c1-15(2)13(17)10-16(3)12-7-5-4-6-11(12)8-9-14(18)19/h4-9H,10H2,1-3H3,(H,18,19)/b9-8+. The zero-order chi connectivity index (χ0) is 14.4. The van der Waals surface area contributed by atoms with Gasteiger partial charge in [0.05, 0.1) is 6.54 Å². The summed E-state index contributed by atoms with van der Waals surface area (Å²) in [6.07, 6.45) is 2.61. The quantitative estimate of drug-likeness (QED) is 0.813. The van der Waals surface area contributed by atoms with Crippen LogP contribution >= 0.6 is 0 Å². The molecule has 5 heteroatoms. The third-order valence-corrected chi connectivity index (χ3v) is 2.62. The van der Waals surface area contributed by atoms with Gasteiger partial charge in [0, 0.05) is 32.9 Å². The third kappa shape index (κ3) is 4.46. The fourth-order valence-corrected chi connectivity index (χ4v) is 1.57. The number of carbonyl (C=O) groups excluding carboxylic acids is 1. The van der Waals surface area contributed by atoms with Crippen molar-refractivity contribution in [1.29, 1.82) is 0 Å². The zero-order valence-electron chi connectivity index (χ0n) is 11.3. The predicted octanol–water partition coefficient (Wildman–Crippen LogP) is 1.31. The number of anilines is 1. The highest BCUT2D eigenvalue weighted by Gasteiger charge is 2.11. The molecule has 0 atom stereocenters. The Labute approximate surface area is 112 Å². The Hall–Kier alpha value is -2.30. The molecule has 0 bridgehead atoms. The van der Waals surface area contributed by atoms with Gasteiger partial charge in [-0.15, -0.1) is 0 Å². The van der Waals surface area contributed by atoms with Crippen LogP contribution in [0.25, 0.3) is 6.08 Å². The first-order chi connectivity index (χ1) is 8.91. The van der Waals surface area contributed by atoms with Crippen molar-refractivity contribution in [2.75, 3.05) is 32.6 Å². The molecular formula is C14H18N2O3. The lowest BCUT2D eigenvalue weighted by atomic mass is 10.1. The van der Waals surface area contributed by atoms with Gasteiger partial charge in [-0.1, -0.05) is 18.2 Å². The van der Waals surface area contributed by atoms with Crippen LogP contribution in [0.5, 0.6) is 0 Å². The van der Waals surface area contributed by atoms with Crippen molar-refractivity contribution in [3.63, 3.8) is 0 Å². The average Bonchev–Trinajstić information content (AvgIpc) is 2.36. The van der Waals surface area contributed by atoms with Crippen LogP contribution in [0.1, 0.15) is 5.56 Å². The number of likely N-dealkylation sites (N-methyl/N-ethyl adjacent to an activating group) is 2. The smallest absolute Gasteiger partial charge is 0.328 e. The molecule has 0 radical (unpaired) electrons. The van der Waals surface area contributed by atoms with Crippen molar-refractivity contribution in [3.8, 4) is 0 Å². The highest BCUT2D eigenvalue weighted by molar-refractivity contribution is 5.87. The molecule has 0 aromatic heterocycles. The summed E-state index contributed by atoms with van der Waals surface area (Å²) >= 11 is 0. The van der Waals surface area contributed by atoms with E-state index in [9.17, 15) is 9.59 Å². The summed E-state index contributed by atoms with van der Waals surface area (Å²) < 4.78 is 0. The number of carboxylic acid groups (broad SMARTS) is 1. The van der Waals surface area contributed by atoms with E-state index in [1.165, 1.54) is 11.0 Å². The van der Waals surface area contributed by atoms with Gasteiger partial charge < -0.3 is 14.9 Å². The second-order valence-corrected chi connectivity index (χ2v) is 4.37.